The molecule has 20 heavy (non-hydrogen) atoms. The fourth-order valence-electron chi connectivity index (χ4n) is 1.97. The minimum absolute atomic E-state index is 0. The lowest BCUT2D eigenvalue weighted by Gasteiger charge is -2.27. The maximum Gasteiger partial charge on any atom is 0.240 e. The molecule has 0 bridgehead atoms. The lowest BCUT2D eigenvalue weighted by atomic mass is 10.3. The van der Waals surface area contributed by atoms with Crippen molar-refractivity contribution in [2.75, 3.05) is 39.3 Å². The van der Waals surface area contributed by atoms with Gasteiger partial charge in [0.25, 0.3) is 0 Å². The van der Waals surface area contributed by atoms with Crippen LogP contribution in [-0.4, -0.2) is 52.6 Å². The Morgan fingerprint density at radius 3 is 2.40 bits per heavy atom. The van der Waals surface area contributed by atoms with Gasteiger partial charge in [-0.15, -0.1) is 12.4 Å². The van der Waals surface area contributed by atoms with E-state index < -0.39 is 10.0 Å². The Morgan fingerprint density at radius 1 is 1.20 bits per heavy atom. The molecule has 114 valence electrons. The number of rotatable bonds is 5. The zero-order chi connectivity index (χ0) is 13.7. The summed E-state index contributed by atoms with van der Waals surface area (Å²) in [7, 11) is -3.39. The van der Waals surface area contributed by atoms with Crippen LogP contribution in [-0.2, 0) is 10.0 Å². The first kappa shape index (κ1) is 17.9. The second-order valence-corrected chi connectivity index (χ2v) is 7.13. The van der Waals surface area contributed by atoms with E-state index in [1.165, 1.54) is 0 Å². The van der Waals surface area contributed by atoms with E-state index in [0.29, 0.717) is 11.4 Å². The van der Waals surface area contributed by atoms with Crippen molar-refractivity contribution in [3.63, 3.8) is 0 Å². The maximum absolute atomic E-state index is 12.0. The minimum atomic E-state index is -3.39. The van der Waals surface area contributed by atoms with Crippen molar-refractivity contribution < 1.29 is 8.42 Å². The normalized spacial score (nSPS) is 16.6. The first-order chi connectivity index (χ1) is 9.08. The second kappa shape index (κ2) is 8.31. The van der Waals surface area contributed by atoms with Crippen LogP contribution >= 0.6 is 28.3 Å². The van der Waals surface area contributed by atoms with Crippen LogP contribution in [0, 0.1) is 0 Å². The molecule has 1 aromatic rings. The highest BCUT2D eigenvalue weighted by Crippen LogP contribution is 2.14. The zero-order valence-electron chi connectivity index (χ0n) is 11.0. The molecule has 1 fully saturated rings. The number of nitrogens with zero attached hydrogens (tertiary/aromatic N) is 1. The van der Waals surface area contributed by atoms with Crippen LogP contribution in [0.1, 0.15) is 0 Å². The van der Waals surface area contributed by atoms with Crippen LogP contribution in [0.15, 0.2) is 33.6 Å². The van der Waals surface area contributed by atoms with E-state index in [1.807, 2.05) is 0 Å². The number of nitrogens with one attached hydrogen (secondary N) is 2. The van der Waals surface area contributed by atoms with Gasteiger partial charge in [0, 0.05) is 43.7 Å². The largest absolute Gasteiger partial charge is 0.314 e. The number of piperazine rings is 1. The molecule has 1 saturated heterocycles. The van der Waals surface area contributed by atoms with Crippen molar-refractivity contribution in [1.82, 2.24) is 14.9 Å². The van der Waals surface area contributed by atoms with Gasteiger partial charge in [-0.05, 0) is 24.3 Å². The van der Waals surface area contributed by atoms with Gasteiger partial charge in [-0.3, -0.25) is 4.90 Å². The summed E-state index contributed by atoms with van der Waals surface area (Å²) in [5, 5.41) is 3.27. The summed E-state index contributed by atoms with van der Waals surface area (Å²) in [6, 6.07) is 6.64. The van der Waals surface area contributed by atoms with E-state index in [4.69, 9.17) is 0 Å². The molecule has 1 aliphatic heterocycles. The van der Waals surface area contributed by atoms with Crippen LogP contribution in [0.2, 0.25) is 0 Å². The summed E-state index contributed by atoms with van der Waals surface area (Å²) in [5.41, 5.74) is 0. The van der Waals surface area contributed by atoms with Crippen LogP contribution in [0.4, 0.5) is 0 Å². The SMILES string of the molecule is Cl.O=S(=O)(NCCN1CCNCC1)c1ccc(Br)cc1. The third kappa shape index (κ3) is 5.31. The molecule has 1 heterocycles. The molecule has 0 amide bonds. The van der Waals surface area contributed by atoms with Crippen molar-refractivity contribution >= 4 is 38.4 Å². The Hall–Kier alpha value is -0.180. The molecule has 0 radical (unpaired) electrons. The predicted molar refractivity (Wildman–Crippen MR) is 85.9 cm³/mol. The number of benzene rings is 1. The van der Waals surface area contributed by atoms with Gasteiger partial charge < -0.3 is 5.32 Å². The molecule has 0 aromatic heterocycles. The summed E-state index contributed by atoms with van der Waals surface area (Å²) in [5.74, 6) is 0. The molecule has 5 nitrogen and oxygen atoms in total. The molecule has 0 aliphatic carbocycles. The van der Waals surface area contributed by atoms with Crippen LogP contribution in [0.25, 0.3) is 0 Å². The summed E-state index contributed by atoms with van der Waals surface area (Å²) >= 11 is 3.29. The molecule has 1 aliphatic rings. The lowest BCUT2D eigenvalue weighted by molar-refractivity contribution is 0.245. The number of halogens is 2. The fraction of sp³-hybridized carbons (Fsp3) is 0.500. The quantitative estimate of drug-likeness (QED) is 0.797. The standard InChI is InChI=1S/C12H18BrN3O2S.ClH/c13-11-1-3-12(4-2-11)19(17,18)15-7-10-16-8-5-14-6-9-16;/h1-4,14-15H,5-10H2;1H. The van der Waals surface area contributed by atoms with Crippen molar-refractivity contribution in [3.05, 3.63) is 28.7 Å². The highest BCUT2D eigenvalue weighted by molar-refractivity contribution is 9.10. The van der Waals surface area contributed by atoms with Gasteiger partial charge in [0.05, 0.1) is 4.90 Å². The van der Waals surface area contributed by atoms with E-state index in [1.54, 1.807) is 24.3 Å². The molecule has 0 spiro atoms. The molecule has 2 rings (SSSR count). The Bertz CT molecular complexity index is 504. The van der Waals surface area contributed by atoms with Gasteiger partial charge in [0.2, 0.25) is 10.0 Å². The van der Waals surface area contributed by atoms with Crippen molar-refractivity contribution in [2.45, 2.75) is 4.90 Å². The van der Waals surface area contributed by atoms with Gasteiger partial charge in [0.15, 0.2) is 0 Å². The zero-order valence-corrected chi connectivity index (χ0v) is 14.2. The highest BCUT2D eigenvalue weighted by atomic mass is 79.9. The molecule has 2 N–H and O–H groups in total. The van der Waals surface area contributed by atoms with E-state index >= 15 is 0 Å². The Labute approximate surface area is 134 Å². The summed E-state index contributed by atoms with van der Waals surface area (Å²) in [4.78, 5) is 2.55. The molecule has 8 heteroatoms. The smallest absolute Gasteiger partial charge is 0.240 e. The van der Waals surface area contributed by atoms with Crippen molar-refractivity contribution in [1.29, 1.82) is 0 Å². The van der Waals surface area contributed by atoms with E-state index in [0.717, 1.165) is 37.2 Å². The number of sulfonamides is 1. The van der Waals surface area contributed by atoms with Gasteiger partial charge in [-0.1, -0.05) is 15.9 Å². The number of hydrogen-bond donors (Lipinski definition) is 2. The Kier molecular flexibility index (Phi) is 7.42. The molecule has 0 unspecified atom stereocenters. The molecular weight excluding hydrogens is 366 g/mol. The predicted octanol–water partition coefficient (Wildman–Crippen LogP) is 1.05. The van der Waals surface area contributed by atoms with E-state index in [-0.39, 0.29) is 12.4 Å². The van der Waals surface area contributed by atoms with Gasteiger partial charge in [-0.2, -0.15) is 0 Å². The third-order valence-electron chi connectivity index (χ3n) is 3.05. The van der Waals surface area contributed by atoms with Gasteiger partial charge >= 0.3 is 0 Å². The maximum atomic E-state index is 12.0. The van der Waals surface area contributed by atoms with Crippen molar-refractivity contribution in [2.24, 2.45) is 0 Å². The first-order valence-electron chi connectivity index (χ1n) is 6.26. The van der Waals surface area contributed by atoms with Gasteiger partial charge in [-0.25, -0.2) is 13.1 Å². The molecular formula is C12H19BrClN3O2S. The second-order valence-electron chi connectivity index (χ2n) is 4.44. The van der Waals surface area contributed by atoms with Crippen LogP contribution in [0.5, 0.6) is 0 Å². The molecule has 1 aromatic carbocycles. The highest BCUT2D eigenvalue weighted by Gasteiger charge is 2.14. The van der Waals surface area contributed by atoms with Crippen LogP contribution < -0.4 is 10.0 Å². The molecule has 0 saturated carbocycles. The fourth-order valence-corrected chi connectivity index (χ4v) is 3.26. The minimum Gasteiger partial charge on any atom is -0.314 e. The molecule has 0 atom stereocenters. The van der Waals surface area contributed by atoms with E-state index in [2.05, 4.69) is 30.9 Å². The lowest BCUT2D eigenvalue weighted by Crippen LogP contribution is -2.46. The topological polar surface area (TPSA) is 61.4 Å². The average Bonchev–Trinajstić information content (AvgIpc) is 2.40. The van der Waals surface area contributed by atoms with Crippen LogP contribution in [0.3, 0.4) is 0 Å². The Morgan fingerprint density at radius 2 is 1.80 bits per heavy atom. The third-order valence-corrected chi connectivity index (χ3v) is 5.06. The monoisotopic (exact) mass is 383 g/mol. The first-order valence-corrected chi connectivity index (χ1v) is 8.54. The Balaban J connectivity index is 0.00000200. The summed E-state index contributed by atoms with van der Waals surface area (Å²) in [6.07, 6.45) is 0. The van der Waals surface area contributed by atoms with E-state index in [9.17, 15) is 8.42 Å². The number of hydrogen-bond acceptors (Lipinski definition) is 4. The summed E-state index contributed by atoms with van der Waals surface area (Å²) < 4.78 is 27.6. The average molecular weight is 385 g/mol. The van der Waals surface area contributed by atoms with Crippen molar-refractivity contribution in [3.8, 4) is 0 Å². The van der Waals surface area contributed by atoms with Gasteiger partial charge in [0.1, 0.15) is 0 Å². The summed E-state index contributed by atoms with van der Waals surface area (Å²) in [6.45, 7) is 5.08.